The molecule has 1 aliphatic heterocycles. The van der Waals surface area contributed by atoms with Crippen LogP contribution in [0.4, 0.5) is 0 Å². The molecular weight excluding hydrogens is 300 g/mol. The highest BCUT2D eigenvalue weighted by Gasteiger charge is 2.28. The number of rotatable bonds is 3. The molecule has 1 atom stereocenters. The number of halogens is 1. The van der Waals surface area contributed by atoms with Crippen molar-refractivity contribution in [2.75, 3.05) is 13.1 Å². The van der Waals surface area contributed by atoms with Crippen molar-refractivity contribution in [2.45, 2.75) is 18.9 Å². The largest absolute Gasteiger partial charge is 0.388 e. The Morgan fingerprint density at radius 1 is 1.23 bits per heavy atom. The molecule has 1 fully saturated rings. The lowest BCUT2D eigenvalue weighted by Gasteiger charge is -2.34. The van der Waals surface area contributed by atoms with E-state index in [9.17, 15) is 9.90 Å². The Morgan fingerprint density at radius 3 is 2.50 bits per heavy atom. The molecule has 2 N–H and O–H groups in total. The summed E-state index contributed by atoms with van der Waals surface area (Å²) < 4.78 is 0. The van der Waals surface area contributed by atoms with Crippen LogP contribution in [-0.4, -0.2) is 34.0 Å². The first kappa shape index (κ1) is 15.1. The van der Waals surface area contributed by atoms with Gasteiger partial charge in [-0.15, -0.1) is 0 Å². The summed E-state index contributed by atoms with van der Waals surface area (Å²) in [4.78, 5) is 17.1. The number of aliphatic hydroxyl groups is 1. The molecule has 1 aromatic heterocycles. The molecule has 0 saturated carbocycles. The summed E-state index contributed by atoms with van der Waals surface area (Å²) in [5.41, 5.74) is 1.51. The minimum absolute atomic E-state index is 0.0319. The van der Waals surface area contributed by atoms with Gasteiger partial charge in [0, 0.05) is 24.3 Å². The maximum Gasteiger partial charge on any atom is 0.270 e. The molecule has 1 aromatic carbocycles. The van der Waals surface area contributed by atoms with Gasteiger partial charge in [-0.05, 0) is 48.6 Å². The van der Waals surface area contributed by atoms with Crippen molar-refractivity contribution in [1.29, 1.82) is 0 Å². The third-order valence-corrected chi connectivity index (χ3v) is 4.57. The summed E-state index contributed by atoms with van der Waals surface area (Å²) in [5.74, 6) is 0.207. The minimum Gasteiger partial charge on any atom is -0.388 e. The Morgan fingerprint density at radius 2 is 1.91 bits per heavy atom. The van der Waals surface area contributed by atoms with Gasteiger partial charge in [0.2, 0.25) is 0 Å². The quantitative estimate of drug-likeness (QED) is 0.912. The topological polar surface area (TPSA) is 56.3 Å². The van der Waals surface area contributed by atoms with Gasteiger partial charge in [-0.2, -0.15) is 0 Å². The van der Waals surface area contributed by atoms with Crippen molar-refractivity contribution in [3.63, 3.8) is 0 Å². The Kier molecular flexibility index (Phi) is 4.50. The summed E-state index contributed by atoms with van der Waals surface area (Å²) in [7, 11) is 0. The monoisotopic (exact) mass is 318 g/mol. The van der Waals surface area contributed by atoms with Crippen LogP contribution >= 0.6 is 11.6 Å². The van der Waals surface area contributed by atoms with E-state index in [0.29, 0.717) is 23.8 Å². The van der Waals surface area contributed by atoms with Crippen molar-refractivity contribution in [2.24, 2.45) is 5.92 Å². The number of hydrogen-bond donors (Lipinski definition) is 2. The Labute approximate surface area is 134 Å². The number of nitrogens with zero attached hydrogens (tertiary/aromatic N) is 1. The van der Waals surface area contributed by atoms with E-state index in [0.717, 1.165) is 18.4 Å². The first-order chi connectivity index (χ1) is 10.6. The van der Waals surface area contributed by atoms with E-state index in [2.05, 4.69) is 4.98 Å². The molecule has 1 unspecified atom stereocenters. The van der Waals surface area contributed by atoms with Gasteiger partial charge in [-0.25, -0.2) is 0 Å². The van der Waals surface area contributed by atoms with Gasteiger partial charge >= 0.3 is 0 Å². The number of aromatic nitrogens is 1. The maximum atomic E-state index is 12.3. The first-order valence-electron chi connectivity index (χ1n) is 7.51. The second-order valence-electron chi connectivity index (χ2n) is 5.71. The number of hydrogen-bond acceptors (Lipinski definition) is 2. The van der Waals surface area contributed by atoms with Crippen LogP contribution in [0.15, 0.2) is 42.6 Å². The minimum atomic E-state index is -0.500. The molecular formula is C17H19ClN2O2. The van der Waals surface area contributed by atoms with Crippen molar-refractivity contribution in [3.8, 4) is 0 Å². The fourth-order valence-electron chi connectivity index (χ4n) is 2.98. The number of nitrogens with one attached hydrogen (secondary N) is 1. The number of H-pyrrole nitrogens is 1. The molecule has 1 amide bonds. The van der Waals surface area contributed by atoms with Crippen molar-refractivity contribution >= 4 is 17.5 Å². The highest BCUT2D eigenvalue weighted by Crippen LogP contribution is 2.31. The van der Waals surface area contributed by atoms with Gasteiger partial charge in [0.25, 0.3) is 5.91 Å². The lowest BCUT2D eigenvalue weighted by molar-refractivity contribution is 0.0459. The fourth-order valence-corrected chi connectivity index (χ4v) is 3.11. The Balaban J connectivity index is 1.59. The van der Waals surface area contributed by atoms with E-state index in [1.807, 2.05) is 23.1 Å². The number of benzene rings is 1. The van der Waals surface area contributed by atoms with Crippen LogP contribution in [0.1, 0.15) is 35.0 Å². The molecule has 3 rings (SSSR count). The summed E-state index contributed by atoms with van der Waals surface area (Å²) >= 11 is 5.88. The fraction of sp³-hybridized carbons (Fsp3) is 0.353. The van der Waals surface area contributed by atoms with Crippen molar-refractivity contribution < 1.29 is 9.90 Å². The molecule has 1 saturated heterocycles. The van der Waals surface area contributed by atoms with Crippen LogP contribution in [0.3, 0.4) is 0 Å². The summed E-state index contributed by atoms with van der Waals surface area (Å²) in [5, 5.41) is 11.2. The number of aromatic amines is 1. The summed E-state index contributed by atoms with van der Waals surface area (Å²) in [6.45, 7) is 1.35. The van der Waals surface area contributed by atoms with Gasteiger partial charge in [0.05, 0.1) is 6.10 Å². The highest BCUT2D eigenvalue weighted by molar-refractivity contribution is 6.30. The predicted octanol–water partition coefficient (Wildman–Crippen LogP) is 3.25. The van der Waals surface area contributed by atoms with Crippen LogP contribution in [0, 0.1) is 5.92 Å². The van der Waals surface area contributed by atoms with E-state index < -0.39 is 6.10 Å². The van der Waals surface area contributed by atoms with E-state index in [1.54, 1.807) is 24.4 Å². The molecule has 5 heteroatoms. The molecule has 2 heterocycles. The number of carbonyl (C=O) groups is 1. The second kappa shape index (κ2) is 6.55. The molecule has 0 aliphatic carbocycles. The van der Waals surface area contributed by atoms with Crippen LogP contribution in [0.2, 0.25) is 5.02 Å². The SMILES string of the molecule is O=C(c1ccc[nH]1)N1CCC(C(O)c2ccc(Cl)cc2)CC1. The van der Waals surface area contributed by atoms with E-state index in [-0.39, 0.29) is 11.8 Å². The number of aliphatic hydroxyl groups excluding tert-OH is 1. The molecule has 0 radical (unpaired) electrons. The number of piperidine rings is 1. The average Bonchev–Trinajstić information content (AvgIpc) is 3.09. The predicted molar refractivity (Wildman–Crippen MR) is 85.8 cm³/mol. The molecule has 116 valence electrons. The van der Waals surface area contributed by atoms with Crippen molar-refractivity contribution in [3.05, 3.63) is 58.9 Å². The van der Waals surface area contributed by atoms with Gasteiger partial charge in [-0.1, -0.05) is 23.7 Å². The number of amides is 1. The third-order valence-electron chi connectivity index (χ3n) is 4.31. The lowest BCUT2D eigenvalue weighted by Crippen LogP contribution is -2.39. The van der Waals surface area contributed by atoms with Crippen LogP contribution in [0.5, 0.6) is 0 Å². The zero-order valence-corrected chi connectivity index (χ0v) is 13.0. The molecule has 4 nitrogen and oxygen atoms in total. The Bertz CT molecular complexity index is 617. The smallest absolute Gasteiger partial charge is 0.270 e. The molecule has 0 spiro atoms. The number of likely N-dealkylation sites (tertiary alicyclic amines) is 1. The van der Waals surface area contributed by atoms with E-state index in [4.69, 9.17) is 11.6 Å². The average molecular weight is 319 g/mol. The normalized spacial score (nSPS) is 17.5. The second-order valence-corrected chi connectivity index (χ2v) is 6.15. The molecule has 2 aromatic rings. The van der Waals surface area contributed by atoms with Gasteiger partial charge in [0.15, 0.2) is 0 Å². The molecule has 0 bridgehead atoms. The van der Waals surface area contributed by atoms with Gasteiger partial charge in [-0.3, -0.25) is 4.79 Å². The van der Waals surface area contributed by atoms with Crippen LogP contribution in [0.25, 0.3) is 0 Å². The van der Waals surface area contributed by atoms with E-state index >= 15 is 0 Å². The third kappa shape index (κ3) is 3.18. The Hall–Kier alpha value is -1.78. The molecule has 22 heavy (non-hydrogen) atoms. The maximum absolute atomic E-state index is 12.3. The van der Waals surface area contributed by atoms with Gasteiger partial charge in [0.1, 0.15) is 5.69 Å². The standard InChI is InChI=1S/C17H19ClN2O2/c18-14-5-3-12(4-6-14)16(21)13-7-10-20(11-8-13)17(22)15-2-1-9-19-15/h1-6,9,13,16,19,21H,7-8,10-11H2. The van der Waals surface area contributed by atoms with E-state index in [1.165, 1.54) is 0 Å². The first-order valence-corrected chi connectivity index (χ1v) is 7.89. The lowest BCUT2D eigenvalue weighted by atomic mass is 9.87. The number of carbonyl (C=O) groups excluding carboxylic acids is 1. The van der Waals surface area contributed by atoms with Gasteiger partial charge < -0.3 is 15.0 Å². The zero-order chi connectivity index (χ0) is 15.5. The summed E-state index contributed by atoms with van der Waals surface area (Å²) in [6, 6.07) is 10.9. The van der Waals surface area contributed by atoms with Crippen molar-refractivity contribution in [1.82, 2.24) is 9.88 Å². The zero-order valence-electron chi connectivity index (χ0n) is 12.2. The summed E-state index contributed by atoms with van der Waals surface area (Å²) in [6.07, 6.45) is 2.86. The van der Waals surface area contributed by atoms with Crippen LogP contribution in [-0.2, 0) is 0 Å². The molecule has 1 aliphatic rings. The highest BCUT2D eigenvalue weighted by atomic mass is 35.5. The van der Waals surface area contributed by atoms with Crippen LogP contribution < -0.4 is 0 Å².